The lowest BCUT2D eigenvalue weighted by molar-refractivity contribution is -0.116. The van der Waals surface area contributed by atoms with Gasteiger partial charge in [-0.05, 0) is 37.1 Å². The lowest BCUT2D eigenvalue weighted by Crippen LogP contribution is -2.31. The summed E-state index contributed by atoms with van der Waals surface area (Å²) in [5.41, 5.74) is 1.64. The van der Waals surface area contributed by atoms with Crippen LogP contribution in [0.25, 0.3) is 16.7 Å². The van der Waals surface area contributed by atoms with Gasteiger partial charge in [0.2, 0.25) is 5.91 Å². The molecular weight excluding hydrogens is 394 g/mol. The van der Waals surface area contributed by atoms with Crippen molar-refractivity contribution in [2.75, 3.05) is 12.4 Å². The van der Waals surface area contributed by atoms with Gasteiger partial charge in [-0.15, -0.1) is 0 Å². The van der Waals surface area contributed by atoms with E-state index in [4.69, 9.17) is 9.72 Å². The highest BCUT2D eigenvalue weighted by Crippen LogP contribution is 2.39. The number of amides is 1. The highest BCUT2D eigenvalue weighted by Gasteiger charge is 2.31. The second kappa shape index (κ2) is 7.71. The van der Waals surface area contributed by atoms with Gasteiger partial charge in [0.1, 0.15) is 23.5 Å². The van der Waals surface area contributed by atoms with Gasteiger partial charge in [0.15, 0.2) is 5.65 Å². The molecule has 1 saturated carbocycles. The first-order chi connectivity index (χ1) is 15.2. The molecule has 1 aliphatic carbocycles. The summed E-state index contributed by atoms with van der Waals surface area (Å²) in [6.07, 6.45) is 3.42. The van der Waals surface area contributed by atoms with Gasteiger partial charge in [0.05, 0.1) is 24.7 Å². The minimum atomic E-state index is -0.315. The first kappa shape index (κ1) is 19.0. The summed E-state index contributed by atoms with van der Waals surface area (Å²) < 4.78 is 8.43. The van der Waals surface area contributed by atoms with Gasteiger partial charge in [-0.2, -0.15) is 5.10 Å². The maximum Gasteiger partial charge on any atom is 0.265 e. The summed E-state index contributed by atoms with van der Waals surface area (Å²) in [7, 11) is 1.54. The van der Waals surface area contributed by atoms with E-state index < -0.39 is 0 Å². The zero-order valence-electron chi connectivity index (χ0n) is 17.0. The van der Waals surface area contributed by atoms with E-state index in [1.165, 1.54) is 10.8 Å². The van der Waals surface area contributed by atoms with Crippen LogP contribution in [0.3, 0.4) is 0 Å². The monoisotopic (exact) mass is 415 g/mol. The fourth-order valence-corrected chi connectivity index (χ4v) is 3.66. The van der Waals surface area contributed by atoms with Crippen LogP contribution >= 0.6 is 0 Å². The number of anilines is 1. The van der Waals surface area contributed by atoms with E-state index in [9.17, 15) is 9.59 Å². The zero-order chi connectivity index (χ0) is 21.4. The average molecular weight is 415 g/mol. The van der Waals surface area contributed by atoms with Crippen LogP contribution < -0.4 is 15.6 Å². The lowest BCUT2D eigenvalue weighted by atomic mass is 10.3. The standard InChI is InChI=1S/C23H21N5O3/c1-31-19-10-6-5-9-18(19)25-20(29)14-27-21(15-11-12-15)26-22-17(23(27)30)13-24-28(22)16-7-3-2-4-8-16/h2-10,13,15H,11-12,14H2,1H3,(H,25,29). The third-order valence-corrected chi connectivity index (χ3v) is 5.34. The fourth-order valence-electron chi connectivity index (χ4n) is 3.66. The van der Waals surface area contributed by atoms with Crippen LogP contribution in [0, 0.1) is 0 Å². The van der Waals surface area contributed by atoms with Crippen molar-refractivity contribution >= 4 is 22.6 Å². The van der Waals surface area contributed by atoms with Crippen molar-refractivity contribution in [3.8, 4) is 11.4 Å². The smallest absolute Gasteiger partial charge is 0.265 e. The van der Waals surface area contributed by atoms with E-state index in [1.807, 2.05) is 42.5 Å². The van der Waals surface area contributed by atoms with E-state index in [0.717, 1.165) is 18.5 Å². The van der Waals surface area contributed by atoms with Gasteiger partial charge >= 0.3 is 0 Å². The number of fused-ring (bicyclic) bond motifs is 1. The summed E-state index contributed by atoms with van der Waals surface area (Å²) in [6, 6.07) is 16.7. The van der Waals surface area contributed by atoms with Crippen LogP contribution in [0.4, 0.5) is 5.69 Å². The van der Waals surface area contributed by atoms with Gasteiger partial charge in [-0.3, -0.25) is 14.2 Å². The lowest BCUT2D eigenvalue weighted by Gasteiger charge is -2.14. The molecule has 1 fully saturated rings. The number of rotatable bonds is 6. The summed E-state index contributed by atoms with van der Waals surface area (Å²) in [5, 5.41) is 7.60. The molecule has 0 saturated heterocycles. The number of nitrogens with zero attached hydrogens (tertiary/aromatic N) is 4. The molecule has 1 amide bonds. The van der Waals surface area contributed by atoms with Crippen molar-refractivity contribution in [2.24, 2.45) is 0 Å². The van der Waals surface area contributed by atoms with Gasteiger partial charge < -0.3 is 10.1 Å². The van der Waals surface area contributed by atoms with Crippen molar-refractivity contribution in [2.45, 2.75) is 25.3 Å². The number of benzene rings is 2. The number of carbonyl (C=O) groups excluding carboxylic acids is 1. The highest BCUT2D eigenvalue weighted by atomic mass is 16.5. The topological polar surface area (TPSA) is 91.0 Å². The Morgan fingerprint density at radius 1 is 1.13 bits per heavy atom. The molecule has 1 N–H and O–H groups in total. The largest absolute Gasteiger partial charge is 0.495 e. The van der Waals surface area contributed by atoms with Crippen LogP contribution in [0.1, 0.15) is 24.6 Å². The number of carbonyl (C=O) groups is 1. The molecule has 0 spiro atoms. The Hall–Kier alpha value is -3.94. The van der Waals surface area contributed by atoms with Crippen molar-refractivity contribution < 1.29 is 9.53 Å². The Balaban J connectivity index is 1.53. The number of nitrogens with one attached hydrogen (secondary N) is 1. The van der Waals surface area contributed by atoms with E-state index in [1.54, 1.807) is 23.9 Å². The molecule has 31 heavy (non-hydrogen) atoms. The molecule has 0 radical (unpaired) electrons. The maximum absolute atomic E-state index is 13.3. The zero-order valence-corrected chi connectivity index (χ0v) is 17.0. The van der Waals surface area contributed by atoms with E-state index in [2.05, 4.69) is 10.4 Å². The maximum atomic E-state index is 13.3. The van der Waals surface area contributed by atoms with Crippen LogP contribution in [-0.2, 0) is 11.3 Å². The quantitative estimate of drug-likeness (QED) is 0.523. The van der Waals surface area contributed by atoms with Crippen molar-refractivity contribution in [1.82, 2.24) is 19.3 Å². The highest BCUT2D eigenvalue weighted by molar-refractivity contribution is 5.92. The number of methoxy groups -OCH3 is 1. The van der Waals surface area contributed by atoms with Crippen molar-refractivity contribution in [1.29, 1.82) is 0 Å². The Morgan fingerprint density at radius 2 is 1.87 bits per heavy atom. The first-order valence-electron chi connectivity index (χ1n) is 10.1. The Labute approximate surface area is 178 Å². The average Bonchev–Trinajstić information content (AvgIpc) is 3.55. The number of ether oxygens (including phenoxy) is 1. The summed E-state index contributed by atoms with van der Waals surface area (Å²) >= 11 is 0. The molecule has 8 heteroatoms. The predicted octanol–water partition coefficient (Wildman–Crippen LogP) is 3.11. The molecular formula is C23H21N5O3. The molecule has 2 aromatic heterocycles. The second-order valence-corrected chi connectivity index (χ2v) is 7.51. The molecule has 0 unspecified atom stereocenters. The molecule has 8 nitrogen and oxygen atoms in total. The first-order valence-corrected chi connectivity index (χ1v) is 10.1. The third kappa shape index (κ3) is 3.56. The predicted molar refractivity (Wildman–Crippen MR) is 117 cm³/mol. The van der Waals surface area contributed by atoms with Crippen molar-refractivity contribution in [3.63, 3.8) is 0 Å². The fraction of sp³-hybridized carbons (Fsp3) is 0.217. The normalized spacial score (nSPS) is 13.3. The van der Waals surface area contributed by atoms with E-state index in [-0.39, 0.29) is 23.9 Å². The van der Waals surface area contributed by atoms with Gasteiger partial charge in [0, 0.05) is 5.92 Å². The number of para-hydroxylation sites is 3. The van der Waals surface area contributed by atoms with Crippen LogP contribution in [0.5, 0.6) is 5.75 Å². The molecule has 5 rings (SSSR count). The summed E-state index contributed by atoms with van der Waals surface area (Å²) in [6.45, 7) is -0.123. The SMILES string of the molecule is COc1ccccc1NC(=O)Cn1c(C2CC2)nc2c(cnn2-c2ccccc2)c1=O. The number of aromatic nitrogens is 4. The molecule has 2 aromatic carbocycles. The molecule has 1 aliphatic rings. The van der Waals surface area contributed by atoms with Crippen molar-refractivity contribution in [3.05, 3.63) is 77.0 Å². The van der Waals surface area contributed by atoms with E-state index in [0.29, 0.717) is 28.3 Å². The minimum absolute atomic E-state index is 0.123. The van der Waals surface area contributed by atoms with Crippen LogP contribution in [-0.4, -0.2) is 32.3 Å². The van der Waals surface area contributed by atoms with Gasteiger partial charge in [-0.25, -0.2) is 9.67 Å². The molecule has 156 valence electrons. The Bertz CT molecular complexity index is 1320. The van der Waals surface area contributed by atoms with Gasteiger partial charge in [-0.1, -0.05) is 30.3 Å². The third-order valence-electron chi connectivity index (χ3n) is 5.34. The second-order valence-electron chi connectivity index (χ2n) is 7.51. The Kier molecular flexibility index (Phi) is 4.74. The molecule has 0 bridgehead atoms. The molecule has 0 atom stereocenters. The van der Waals surface area contributed by atoms with Crippen LogP contribution in [0.15, 0.2) is 65.6 Å². The number of hydrogen-bond acceptors (Lipinski definition) is 5. The summed E-state index contributed by atoms with van der Waals surface area (Å²) in [5.74, 6) is 1.05. The van der Waals surface area contributed by atoms with Crippen LogP contribution in [0.2, 0.25) is 0 Å². The number of hydrogen-bond donors (Lipinski definition) is 1. The minimum Gasteiger partial charge on any atom is -0.495 e. The molecule has 2 heterocycles. The van der Waals surface area contributed by atoms with Gasteiger partial charge in [0.25, 0.3) is 5.56 Å². The Morgan fingerprint density at radius 3 is 2.61 bits per heavy atom. The summed E-state index contributed by atoms with van der Waals surface area (Å²) in [4.78, 5) is 30.9. The molecule has 0 aliphatic heterocycles. The van der Waals surface area contributed by atoms with E-state index >= 15 is 0 Å². The molecule has 4 aromatic rings.